The van der Waals surface area contributed by atoms with E-state index < -0.39 is 0 Å². The quantitative estimate of drug-likeness (QED) is 0.214. The first-order chi connectivity index (χ1) is 13.1. The zero-order chi connectivity index (χ0) is 19.9. The van der Waals surface area contributed by atoms with Gasteiger partial charge in [-0.15, -0.1) is 0 Å². The van der Waals surface area contributed by atoms with Gasteiger partial charge in [-0.25, -0.2) is 0 Å². The minimum Gasteiger partial charge on any atom is -0.492 e. The van der Waals surface area contributed by atoms with Gasteiger partial charge in [0.05, 0.1) is 22.5 Å². The number of halogens is 1. The van der Waals surface area contributed by atoms with Gasteiger partial charge in [-0.1, -0.05) is 65.2 Å². The van der Waals surface area contributed by atoms with Gasteiger partial charge in [0.1, 0.15) is 11.5 Å². The maximum atomic E-state index is 11.6. The lowest BCUT2D eigenvalue weighted by Gasteiger charge is -2.16. The minimum absolute atomic E-state index is 0.102. The second-order valence-electron chi connectivity index (χ2n) is 6.99. The number of carbonyl (C=O) groups excluding carboxylic acids is 1. The number of unbranched alkanes of at least 4 members (excludes halogenated alkanes) is 8. The van der Waals surface area contributed by atoms with Crippen molar-refractivity contribution in [2.24, 2.45) is 0 Å². The van der Waals surface area contributed by atoms with Gasteiger partial charge in [-0.2, -0.15) is 0 Å². The number of benzene rings is 1. The van der Waals surface area contributed by atoms with Crippen molar-refractivity contribution < 1.29 is 14.3 Å². The molecule has 0 aromatic heterocycles. The maximum absolute atomic E-state index is 11.6. The lowest BCUT2D eigenvalue weighted by Crippen LogP contribution is -2.10. The molecule has 5 heteroatoms. The van der Waals surface area contributed by atoms with Crippen molar-refractivity contribution in [3.63, 3.8) is 0 Å². The average Bonchev–Trinajstić information content (AvgIpc) is 2.63. The van der Waals surface area contributed by atoms with E-state index in [1.54, 1.807) is 0 Å². The third-order valence-corrected chi connectivity index (χ3v) is 5.20. The number of amides is 1. The van der Waals surface area contributed by atoms with E-state index in [2.05, 4.69) is 41.8 Å². The fraction of sp³-hybridized carbons (Fsp3) is 0.682. The second-order valence-corrected chi connectivity index (χ2v) is 8.15. The number of ether oxygens (including phenoxy) is 2. The molecule has 0 atom stereocenters. The third-order valence-electron chi connectivity index (χ3n) is 4.36. The predicted molar refractivity (Wildman–Crippen MR) is 122 cm³/mol. The first kappa shape index (κ1) is 24.1. The molecule has 0 radical (unpaired) electrons. The highest BCUT2D eigenvalue weighted by molar-refractivity contribution is 14.1. The summed E-state index contributed by atoms with van der Waals surface area (Å²) in [4.78, 5) is 11.6. The number of hydrogen-bond acceptors (Lipinski definition) is 3. The molecule has 1 aromatic carbocycles. The third kappa shape index (κ3) is 10.8. The first-order valence-electron chi connectivity index (χ1n) is 10.4. The van der Waals surface area contributed by atoms with Crippen LogP contribution >= 0.6 is 22.6 Å². The topological polar surface area (TPSA) is 47.6 Å². The fourth-order valence-electron chi connectivity index (χ4n) is 2.83. The van der Waals surface area contributed by atoms with Crippen LogP contribution in [0.4, 0.5) is 5.69 Å². The van der Waals surface area contributed by atoms with Gasteiger partial charge in [-0.3, -0.25) is 4.79 Å². The van der Waals surface area contributed by atoms with Crippen molar-refractivity contribution in [2.45, 2.75) is 85.0 Å². The number of carbonyl (C=O) groups is 1. The Kier molecular flexibility index (Phi) is 13.4. The largest absolute Gasteiger partial charge is 0.492 e. The average molecular weight is 489 g/mol. The van der Waals surface area contributed by atoms with Crippen molar-refractivity contribution in [3.8, 4) is 11.5 Å². The molecule has 154 valence electrons. The Hall–Kier alpha value is -0.980. The Bertz CT molecular complexity index is 549. The smallest absolute Gasteiger partial charge is 0.221 e. The maximum Gasteiger partial charge on any atom is 0.221 e. The van der Waals surface area contributed by atoms with Crippen molar-refractivity contribution >= 4 is 34.2 Å². The molecular weight excluding hydrogens is 453 g/mol. The van der Waals surface area contributed by atoms with Crippen LogP contribution in [-0.2, 0) is 4.79 Å². The summed E-state index contributed by atoms with van der Waals surface area (Å²) < 4.78 is 12.9. The highest BCUT2D eigenvalue weighted by Gasteiger charge is 2.12. The first-order valence-corrected chi connectivity index (χ1v) is 11.5. The molecule has 27 heavy (non-hydrogen) atoms. The number of hydrogen-bond donors (Lipinski definition) is 1. The summed E-state index contributed by atoms with van der Waals surface area (Å²) in [5.74, 6) is 1.43. The standard InChI is InChI=1S/C22H36INO3/c1-4-6-8-10-12-14-26-21-17-20(24-18(3)25)22(16-19(21)23)27-15-13-11-9-7-5-2/h16-17H,4-15H2,1-3H3,(H,24,25). The summed E-state index contributed by atoms with van der Waals surface area (Å²) in [5.41, 5.74) is 0.692. The predicted octanol–water partition coefficient (Wildman–Crippen LogP) is 6.95. The molecule has 0 spiro atoms. The molecule has 0 aliphatic rings. The van der Waals surface area contributed by atoms with Crippen molar-refractivity contribution in [3.05, 3.63) is 15.7 Å². The van der Waals surface area contributed by atoms with Gasteiger partial charge >= 0.3 is 0 Å². The van der Waals surface area contributed by atoms with Crippen LogP contribution in [-0.4, -0.2) is 19.1 Å². The number of anilines is 1. The molecule has 0 bridgehead atoms. The molecule has 4 nitrogen and oxygen atoms in total. The van der Waals surface area contributed by atoms with Crippen molar-refractivity contribution in [1.82, 2.24) is 0 Å². The molecule has 0 saturated carbocycles. The van der Waals surface area contributed by atoms with E-state index in [1.165, 1.54) is 58.3 Å². The Balaban J connectivity index is 2.60. The Morgan fingerprint density at radius 3 is 1.89 bits per heavy atom. The van der Waals surface area contributed by atoms with Crippen LogP contribution in [0.15, 0.2) is 12.1 Å². The van der Waals surface area contributed by atoms with Crippen LogP contribution in [0.25, 0.3) is 0 Å². The van der Waals surface area contributed by atoms with Crippen LogP contribution in [0.3, 0.4) is 0 Å². The highest BCUT2D eigenvalue weighted by atomic mass is 127. The molecule has 0 fully saturated rings. The Labute approximate surface area is 178 Å². The van der Waals surface area contributed by atoms with Gasteiger partial charge in [0.15, 0.2) is 0 Å². The van der Waals surface area contributed by atoms with Gasteiger partial charge in [0, 0.05) is 13.0 Å². The normalized spacial score (nSPS) is 10.7. The van der Waals surface area contributed by atoms with E-state index in [-0.39, 0.29) is 5.91 Å². The summed E-state index contributed by atoms with van der Waals surface area (Å²) in [6, 6.07) is 3.85. The monoisotopic (exact) mass is 489 g/mol. The van der Waals surface area contributed by atoms with Gasteiger partial charge in [0.25, 0.3) is 0 Å². The Morgan fingerprint density at radius 1 is 0.852 bits per heavy atom. The van der Waals surface area contributed by atoms with E-state index in [4.69, 9.17) is 9.47 Å². The molecule has 0 unspecified atom stereocenters. The lowest BCUT2D eigenvalue weighted by molar-refractivity contribution is -0.114. The molecular formula is C22H36INO3. The summed E-state index contributed by atoms with van der Waals surface area (Å²) >= 11 is 2.27. The van der Waals surface area contributed by atoms with E-state index in [0.29, 0.717) is 18.9 Å². The van der Waals surface area contributed by atoms with Gasteiger partial charge in [0.2, 0.25) is 5.91 Å². The number of nitrogens with one attached hydrogen (secondary N) is 1. The molecule has 1 amide bonds. The molecule has 1 N–H and O–H groups in total. The molecule has 0 aliphatic heterocycles. The Morgan fingerprint density at radius 2 is 1.37 bits per heavy atom. The van der Waals surface area contributed by atoms with Crippen molar-refractivity contribution in [1.29, 1.82) is 0 Å². The highest BCUT2D eigenvalue weighted by Crippen LogP contribution is 2.34. The van der Waals surface area contributed by atoms with Crippen LogP contribution in [0, 0.1) is 3.57 Å². The van der Waals surface area contributed by atoms with Gasteiger partial charge in [-0.05, 0) is 41.5 Å². The second kappa shape index (κ2) is 15.0. The van der Waals surface area contributed by atoms with Crippen LogP contribution in [0.5, 0.6) is 11.5 Å². The van der Waals surface area contributed by atoms with E-state index in [1.807, 2.05) is 12.1 Å². The molecule has 0 aliphatic carbocycles. The van der Waals surface area contributed by atoms with E-state index >= 15 is 0 Å². The van der Waals surface area contributed by atoms with Crippen LogP contribution < -0.4 is 14.8 Å². The summed E-state index contributed by atoms with van der Waals surface area (Å²) in [7, 11) is 0. The zero-order valence-electron chi connectivity index (χ0n) is 17.2. The van der Waals surface area contributed by atoms with Crippen LogP contribution in [0.1, 0.15) is 85.0 Å². The van der Waals surface area contributed by atoms with Crippen LogP contribution in [0.2, 0.25) is 0 Å². The van der Waals surface area contributed by atoms with Gasteiger partial charge < -0.3 is 14.8 Å². The van der Waals surface area contributed by atoms with Crippen molar-refractivity contribution in [2.75, 3.05) is 18.5 Å². The summed E-state index contributed by atoms with van der Waals surface area (Å²) in [6.45, 7) is 7.33. The minimum atomic E-state index is -0.102. The fourth-order valence-corrected chi connectivity index (χ4v) is 3.42. The molecule has 1 rings (SSSR count). The molecule has 0 saturated heterocycles. The zero-order valence-corrected chi connectivity index (χ0v) is 19.4. The van der Waals surface area contributed by atoms with E-state index in [9.17, 15) is 4.79 Å². The van der Waals surface area contributed by atoms with E-state index in [0.717, 1.165) is 27.9 Å². The summed E-state index contributed by atoms with van der Waals surface area (Å²) in [5, 5.41) is 2.87. The molecule has 0 heterocycles. The number of rotatable bonds is 15. The molecule has 1 aromatic rings. The lowest BCUT2D eigenvalue weighted by atomic mass is 10.2. The summed E-state index contributed by atoms with van der Waals surface area (Å²) in [6.07, 6.45) is 12.0. The SMILES string of the molecule is CCCCCCCOc1cc(NC(C)=O)c(OCCCCCCC)cc1I.